The third-order valence-corrected chi connectivity index (χ3v) is 5.87. The molecule has 0 amide bonds. The average molecular weight is 335 g/mol. The van der Waals surface area contributed by atoms with Gasteiger partial charge in [-0.05, 0) is 23.1 Å². The second kappa shape index (κ2) is 5.31. The first-order chi connectivity index (χ1) is 9.11. The Hall–Kier alpha value is -0.770. The molecule has 1 atom stereocenters. The number of nitrogens with one attached hydrogen (secondary N) is 1. The molecular weight excluding hydrogens is 328 g/mol. The first-order valence-electron chi connectivity index (χ1n) is 5.23. The highest BCUT2D eigenvalue weighted by atomic mass is 35.5. The zero-order chi connectivity index (χ0) is 13.4. The van der Waals surface area contributed by atoms with Gasteiger partial charge in [-0.2, -0.15) is 0 Å². The Kier molecular flexibility index (Phi) is 3.70. The molecule has 1 aliphatic rings. The van der Waals surface area contributed by atoms with Crippen molar-refractivity contribution in [3.63, 3.8) is 0 Å². The maximum atomic E-state index is 10.6. The number of halogens is 1. The van der Waals surface area contributed by atoms with Crippen LogP contribution in [0, 0.1) is 10.1 Å². The van der Waals surface area contributed by atoms with Crippen molar-refractivity contribution >= 4 is 51.5 Å². The molecule has 0 saturated heterocycles. The Morgan fingerprint density at radius 3 is 3.21 bits per heavy atom. The number of aromatic amines is 1. The zero-order valence-corrected chi connectivity index (χ0v) is 12.5. The lowest BCUT2D eigenvalue weighted by Gasteiger charge is -2.13. The van der Waals surface area contributed by atoms with Gasteiger partial charge in [0.1, 0.15) is 6.20 Å². The summed E-state index contributed by atoms with van der Waals surface area (Å²) in [5, 5.41) is 11.3. The van der Waals surface area contributed by atoms with Crippen molar-refractivity contribution in [2.24, 2.45) is 0 Å². The lowest BCUT2D eigenvalue weighted by Crippen LogP contribution is -2.07. The minimum absolute atomic E-state index is 0.0372. The number of H-pyrrole nitrogens is 1. The van der Waals surface area contributed by atoms with Crippen LogP contribution in [-0.2, 0) is 12.2 Å². The van der Waals surface area contributed by atoms with Gasteiger partial charge in [0.05, 0.1) is 15.3 Å². The molecule has 2 aromatic rings. The molecule has 1 unspecified atom stereocenters. The summed E-state index contributed by atoms with van der Waals surface area (Å²) in [6.45, 7) is 0. The minimum Gasteiger partial charge on any atom is -0.336 e. The first kappa shape index (κ1) is 13.2. The van der Waals surface area contributed by atoms with Gasteiger partial charge in [0, 0.05) is 17.9 Å². The van der Waals surface area contributed by atoms with E-state index in [0.29, 0.717) is 9.50 Å². The van der Waals surface area contributed by atoms with Gasteiger partial charge < -0.3 is 4.98 Å². The van der Waals surface area contributed by atoms with Crippen molar-refractivity contribution in [3.05, 3.63) is 27.7 Å². The van der Waals surface area contributed by atoms with Crippen molar-refractivity contribution in [2.45, 2.75) is 26.4 Å². The monoisotopic (exact) mass is 334 g/mol. The standard InChI is InChI=1S/C9H7ClN4O2S3/c10-6-1-4-5(3-17-6)13-8(12-4)19-9-11-2-7(18-9)14(15)16/h2,6H,1,3H2,(H,12,13). The predicted octanol–water partition coefficient (Wildman–Crippen LogP) is 3.28. The number of thioether (sulfide) groups is 1. The molecule has 10 heteroatoms. The average Bonchev–Trinajstić information content (AvgIpc) is 2.95. The van der Waals surface area contributed by atoms with E-state index in [4.69, 9.17) is 11.6 Å². The lowest BCUT2D eigenvalue weighted by atomic mass is 10.3. The molecule has 0 spiro atoms. The van der Waals surface area contributed by atoms with E-state index in [9.17, 15) is 10.1 Å². The van der Waals surface area contributed by atoms with E-state index in [1.807, 2.05) is 0 Å². The molecule has 1 aliphatic heterocycles. The topological polar surface area (TPSA) is 84.7 Å². The zero-order valence-electron chi connectivity index (χ0n) is 9.33. The number of fused-ring (bicyclic) bond motifs is 1. The second-order valence-corrected chi connectivity index (χ2v) is 7.94. The Bertz CT molecular complexity index is 629. The van der Waals surface area contributed by atoms with Gasteiger partial charge in [-0.1, -0.05) is 0 Å². The maximum Gasteiger partial charge on any atom is 0.344 e. The Morgan fingerprint density at radius 2 is 2.47 bits per heavy atom. The molecule has 0 bridgehead atoms. The van der Waals surface area contributed by atoms with Crippen molar-refractivity contribution in [1.82, 2.24) is 15.0 Å². The molecular formula is C9H7ClN4O2S3. The van der Waals surface area contributed by atoms with Crippen LogP contribution in [0.3, 0.4) is 0 Å². The molecule has 0 aromatic carbocycles. The van der Waals surface area contributed by atoms with Gasteiger partial charge in [0.2, 0.25) is 0 Å². The van der Waals surface area contributed by atoms with E-state index in [1.165, 1.54) is 18.0 Å². The fourth-order valence-corrected chi connectivity index (χ4v) is 4.53. The van der Waals surface area contributed by atoms with E-state index in [1.54, 1.807) is 11.8 Å². The Labute approximate surface area is 125 Å². The van der Waals surface area contributed by atoms with E-state index in [2.05, 4.69) is 15.0 Å². The highest BCUT2D eigenvalue weighted by Gasteiger charge is 2.22. The third kappa shape index (κ3) is 2.88. The molecule has 3 heterocycles. The van der Waals surface area contributed by atoms with Gasteiger partial charge in [-0.25, -0.2) is 9.97 Å². The van der Waals surface area contributed by atoms with E-state index < -0.39 is 4.92 Å². The summed E-state index contributed by atoms with van der Waals surface area (Å²) in [6, 6.07) is 0. The number of aromatic nitrogens is 3. The van der Waals surface area contributed by atoms with Crippen molar-refractivity contribution < 1.29 is 4.92 Å². The number of alkyl halides is 1. The van der Waals surface area contributed by atoms with Gasteiger partial charge >= 0.3 is 5.00 Å². The molecule has 0 saturated carbocycles. The first-order valence-corrected chi connectivity index (χ1v) is 8.35. The SMILES string of the molecule is O=[N+]([O-])c1cnc(Sc2nc3c([nH]2)CSC(Cl)C3)s1. The van der Waals surface area contributed by atoms with Crippen LogP contribution in [0.15, 0.2) is 15.7 Å². The number of rotatable bonds is 3. The number of hydrogen-bond acceptors (Lipinski definition) is 7. The van der Waals surface area contributed by atoms with Crippen LogP contribution in [0.5, 0.6) is 0 Å². The van der Waals surface area contributed by atoms with E-state index in [0.717, 1.165) is 34.9 Å². The largest absolute Gasteiger partial charge is 0.344 e. The van der Waals surface area contributed by atoms with Crippen LogP contribution < -0.4 is 0 Å². The fourth-order valence-electron chi connectivity index (χ4n) is 1.60. The Morgan fingerprint density at radius 1 is 1.63 bits per heavy atom. The number of hydrogen-bond donors (Lipinski definition) is 1. The summed E-state index contributed by atoms with van der Waals surface area (Å²) in [5.74, 6) is 0.815. The smallest absolute Gasteiger partial charge is 0.336 e. The normalized spacial score (nSPS) is 18.3. The van der Waals surface area contributed by atoms with Gasteiger partial charge in [-0.15, -0.1) is 23.4 Å². The van der Waals surface area contributed by atoms with Crippen LogP contribution in [0.2, 0.25) is 0 Å². The molecule has 0 fully saturated rings. The van der Waals surface area contributed by atoms with Crippen LogP contribution >= 0.6 is 46.5 Å². The van der Waals surface area contributed by atoms with Crippen LogP contribution in [0.4, 0.5) is 5.00 Å². The Balaban J connectivity index is 1.78. The number of nitro groups is 1. The molecule has 0 aliphatic carbocycles. The summed E-state index contributed by atoms with van der Waals surface area (Å²) < 4.78 is 0.669. The summed E-state index contributed by atoms with van der Waals surface area (Å²) in [7, 11) is 0. The van der Waals surface area contributed by atoms with Gasteiger partial charge in [-0.3, -0.25) is 10.1 Å². The molecule has 1 N–H and O–H groups in total. The maximum absolute atomic E-state index is 10.6. The predicted molar refractivity (Wildman–Crippen MR) is 76.1 cm³/mol. The molecule has 100 valence electrons. The summed E-state index contributed by atoms with van der Waals surface area (Å²) >= 11 is 10.1. The van der Waals surface area contributed by atoms with E-state index >= 15 is 0 Å². The van der Waals surface area contributed by atoms with E-state index in [-0.39, 0.29) is 9.71 Å². The van der Waals surface area contributed by atoms with Gasteiger partial charge in [0.15, 0.2) is 9.50 Å². The summed E-state index contributed by atoms with van der Waals surface area (Å²) in [4.78, 5) is 21.8. The highest BCUT2D eigenvalue weighted by molar-refractivity contribution is 8.01. The molecule has 0 radical (unpaired) electrons. The van der Waals surface area contributed by atoms with Crippen molar-refractivity contribution in [1.29, 1.82) is 0 Å². The number of nitrogens with zero attached hydrogens (tertiary/aromatic N) is 3. The van der Waals surface area contributed by atoms with Gasteiger partial charge in [0.25, 0.3) is 0 Å². The summed E-state index contributed by atoms with van der Waals surface area (Å²) in [5.41, 5.74) is 2.06. The summed E-state index contributed by atoms with van der Waals surface area (Å²) in [6.07, 6.45) is 2.00. The highest BCUT2D eigenvalue weighted by Crippen LogP contribution is 2.36. The molecule has 19 heavy (non-hydrogen) atoms. The fraction of sp³-hybridized carbons (Fsp3) is 0.333. The minimum atomic E-state index is -0.441. The molecule has 3 rings (SSSR count). The quantitative estimate of drug-likeness (QED) is 0.526. The third-order valence-electron chi connectivity index (χ3n) is 2.44. The van der Waals surface area contributed by atoms with Crippen LogP contribution in [0.25, 0.3) is 0 Å². The van der Waals surface area contributed by atoms with Crippen molar-refractivity contribution in [3.8, 4) is 0 Å². The van der Waals surface area contributed by atoms with Crippen LogP contribution in [-0.4, -0.2) is 24.6 Å². The second-order valence-electron chi connectivity index (χ2n) is 3.72. The lowest BCUT2D eigenvalue weighted by molar-refractivity contribution is -0.380. The number of imidazole rings is 1. The van der Waals surface area contributed by atoms with Crippen LogP contribution in [0.1, 0.15) is 11.4 Å². The molecule has 6 nitrogen and oxygen atoms in total. The molecule has 2 aromatic heterocycles. The van der Waals surface area contributed by atoms with Crippen molar-refractivity contribution in [2.75, 3.05) is 0 Å². The number of thiazole rings is 1.